The Kier molecular flexibility index (Phi) is 24.6. The summed E-state index contributed by atoms with van der Waals surface area (Å²) in [5, 5.41) is 8.89. The van der Waals surface area contributed by atoms with Crippen molar-refractivity contribution in [3.8, 4) is 0 Å². The summed E-state index contributed by atoms with van der Waals surface area (Å²) in [5.74, 6) is -1.08. The fourth-order valence-electron chi connectivity index (χ4n) is 0. The third-order valence-electron chi connectivity index (χ3n) is 0. The van der Waals surface area contributed by atoms with Crippen molar-refractivity contribution >= 4 is 5.97 Å². The Bertz CT molecular complexity index is 31.8. The van der Waals surface area contributed by atoms with Crippen LogP contribution in [0.5, 0.6) is 0 Å². The van der Waals surface area contributed by atoms with Gasteiger partial charge in [0.15, 0.2) is 0 Å². The van der Waals surface area contributed by atoms with Gasteiger partial charge < -0.3 is 15.4 Å². The van der Waals surface area contributed by atoms with Crippen LogP contribution in [-0.4, -0.2) is 11.4 Å². The second kappa shape index (κ2) is 9.34. The van der Waals surface area contributed by atoms with Crippen LogP contribution in [0.2, 0.25) is 0 Å². The summed E-state index contributed by atoms with van der Waals surface area (Å²) in [6.07, 6.45) is 0. The van der Waals surface area contributed by atoms with Gasteiger partial charge in [0.05, 0.1) is 0 Å². The minimum absolute atomic E-state index is 0. The van der Waals surface area contributed by atoms with E-state index in [0.717, 1.165) is 6.92 Å². The first-order valence-corrected chi connectivity index (χ1v) is 0.908. The van der Waals surface area contributed by atoms with E-state index in [9.17, 15) is 0 Å². The fraction of sp³-hybridized carbons (Fsp3) is 0.500. The first-order chi connectivity index (χ1) is 1.73. The van der Waals surface area contributed by atoms with Gasteiger partial charge in [0.1, 0.15) is 0 Å². The van der Waals surface area contributed by atoms with Crippen LogP contribution in [0.4, 0.5) is 0 Å². The second-order valence-corrected chi connectivity index (χ2v) is 0.492. The van der Waals surface area contributed by atoms with Gasteiger partial charge in [-0.05, 0) is 6.92 Å². The van der Waals surface area contributed by atoms with E-state index >= 15 is 0 Å². The first-order valence-electron chi connectivity index (χ1n) is 0.908. The summed E-state index contributed by atoms with van der Waals surface area (Å²) in [5.41, 5.74) is 0. The van der Waals surface area contributed by atoms with E-state index in [4.69, 9.17) is 9.90 Å². The fourth-order valence-corrected chi connectivity index (χ4v) is 0. The van der Waals surface area contributed by atoms with Crippen molar-refractivity contribution in [3.05, 3.63) is 0 Å². The molecule has 0 aliphatic rings. The maximum atomic E-state index is 8.89. The Morgan fingerprint density at radius 3 is 1.67 bits per heavy atom. The molecule has 0 heterocycles. The number of carboxylic acid groups (broad SMARTS) is 1. The average Bonchev–Trinajstić information content (AvgIpc) is 0.811. The van der Waals surface area contributed by atoms with Gasteiger partial charge in [-0.2, -0.15) is 0 Å². The molecule has 0 aliphatic carbocycles. The van der Waals surface area contributed by atoms with Crippen LogP contribution in [0, 0.1) is 46.9 Å². The molecule has 4 heteroatoms. The number of aliphatic carboxylic acids is 1. The van der Waals surface area contributed by atoms with Gasteiger partial charge >= 0.3 is 46.9 Å². The quantitative estimate of drug-likeness (QED) is 0.495. The van der Waals surface area contributed by atoms with Crippen LogP contribution in [0.15, 0.2) is 0 Å². The predicted molar refractivity (Wildman–Crippen MR) is 14.3 cm³/mol. The molecule has 0 unspecified atom stereocenters. The monoisotopic (exact) mass is 251 g/mol. The number of hydrogen-bond acceptors (Lipinski definition) is 2. The van der Waals surface area contributed by atoms with E-state index in [2.05, 4.69) is 0 Å². The molecule has 0 bridgehead atoms. The van der Waals surface area contributed by atoms with E-state index in [1.807, 2.05) is 0 Å². The van der Waals surface area contributed by atoms with Gasteiger partial charge in [-0.3, -0.25) is 0 Å². The normalized spacial score (nSPS) is 4.17. The maximum Gasteiger partial charge on any atom is 3.00 e. The van der Waals surface area contributed by atoms with Crippen molar-refractivity contribution in [1.29, 1.82) is 0 Å². The Labute approximate surface area is 74.3 Å². The average molecular weight is 250 g/mol. The molecule has 6 heavy (non-hydrogen) atoms. The van der Waals surface area contributed by atoms with E-state index in [1.54, 1.807) is 0 Å². The molecule has 0 rings (SSSR count). The number of carbonyl (C=O) groups excluding carboxylic acids is 1. The third kappa shape index (κ3) is 85.6. The van der Waals surface area contributed by atoms with Crippen molar-refractivity contribution in [3.63, 3.8) is 0 Å². The second-order valence-electron chi connectivity index (χ2n) is 0.492. The van der Waals surface area contributed by atoms with Gasteiger partial charge in [-0.1, -0.05) is 0 Å². The van der Waals surface area contributed by atoms with Crippen LogP contribution in [0.25, 0.3) is 0 Å². The van der Waals surface area contributed by atoms with Crippen molar-refractivity contribution in [2.24, 2.45) is 0 Å². The topological polar surface area (TPSA) is 71.6 Å². The van der Waals surface area contributed by atoms with Crippen molar-refractivity contribution in [1.82, 2.24) is 0 Å². The molecule has 1 radical (unpaired) electrons. The van der Waals surface area contributed by atoms with Gasteiger partial charge in [0.25, 0.3) is 0 Å². The number of carbonyl (C=O) groups is 1. The Morgan fingerprint density at radius 2 is 1.67 bits per heavy atom. The van der Waals surface area contributed by atoms with Crippen LogP contribution in [-0.2, 0) is 4.79 Å². The number of hydrogen-bond donors (Lipinski definition) is 0. The standard InChI is InChI=1S/C2H4O2.H2O.Yb/c1-2(3)4;;/h1H3,(H,3,4);1H2;/q;;+3/p-1. The van der Waals surface area contributed by atoms with Gasteiger partial charge in [-0.15, -0.1) is 0 Å². The molecule has 0 fully saturated rings. The zero-order chi connectivity index (χ0) is 3.58. The Balaban J connectivity index is -0.0000000450. The smallest absolute Gasteiger partial charge is 0.550 e. The molecule has 0 atom stereocenters. The predicted octanol–water partition coefficient (Wildman–Crippen LogP) is -2.07. The number of carboxylic acids is 1. The number of rotatable bonds is 0. The third-order valence-corrected chi connectivity index (χ3v) is 0. The minimum atomic E-state index is -1.08. The summed E-state index contributed by atoms with van der Waals surface area (Å²) >= 11 is 0. The molecule has 0 aromatic rings. The van der Waals surface area contributed by atoms with Crippen molar-refractivity contribution < 1.29 is 62.3 Å². The summed E-state index contributed by atoms with van der Waals surface area (Å²) < 4.78 is 0. The molecule has 0 aliphatic heterocycles. The molecule has 0 saturated carbocycles. The molecule has 0 spiro atoms. The zero-order valence-electron chi connectivity index (χ0n) is 3.08. The molecule has 3 nitrogen and oxygen atoms in total. The largest absolute Gasteiger partial charge is 3.00 e. The van der Waals surface area contributed by atoms with Crippen molar-refractivity contribution in [2.45, 2.75) is 6.92 Å². The van der Waals surface area contributed by atoms with Crippen LogP contribution in [0.3, 0.4) is 0 Å². The molecular formula is C2H5O3Yb+2. The molecule has 0 aromatic heterocycles. The minimum Gasteiger partial charge on any atom is -0.550 e. The molecule has 0 aromatic carbocycles. The zero-order valence-corrected chi connectivity index (χ0v) is 4.80. The van der Waals surface area contributed by atoms with Crippen LogP contribution < -0.4 is 5.11 Å². The summed E-state index contributed by atoms with van der Waals surface area (Å²) in [4.78, 5) is 8.89. The molecular weight excluding hydrogens is 245 g/mol. The Morgan fingerprint density at radius 1 is 1.67 bits per heavy atom. The summed E-state index contributed by atoms with van der Waals surface area (Å²) in [6.45, 7) is 0.972. The van der Waals surface area contributed by atoms with E-state index in [1.165, 1.54) is 0 Å². The maximum absolute atomic E-state index is 8.89. The molecule has 43 valence electrons. The molecule has 0 amide bonds. The molecule has 2 N–H and O–H groups in total. The van der Waals surface area contributed by atoms with E-state index in [-0.39, 0.29) is 52.4 Å². The summed E-state index contributed by atoms with van der Waals surface area (Å²) in [7, 11) is 0. The summed E-state index contributed by atoms with van der Waals surface area (Å²) in [6, 6.07) is 0. The van der Waals surface area contributed by atoms with Gasteiger partial charge in [0, 0.05) is 5.97 Å². The van der Waals surface area contributed by atoms with E-state index in [0.29, 0.717) is 0 Å². The van der Waals surface area contributed by atoms with Gasteiger partial charge in [-0.25, -0.2) is 0 Å². The van der Waals surface area contributed by atoms with Crippen molar-refractivity contribution in [2.75, 3.05) is 0 Å². The Hall–Kier alpha value is 0.949. The van der Waals surface area contributed by atoms with E-state index < -0.39 is 5.97 Å². The van der Waals surface area contributed by atoms with Crippen LogP contribution >= 0.6 is 0 Å². The SMILES string of the molecule is CC(=O)[O-].O.[Yb+3]. The first kappa shape index (κ1) is 15.8. The van der Waals surface area contributed by atoms with Crippen LogP contribution in [0.1, 0.15) is 6.92 Å². The molecule has 0 saturated heterocycles. The van der Waals surface area contributed by atoms with Gasteiger partial charge in [0.2, 0.25) is 0 Å².